The van der Waals surface area contributed by atoms with Crippen molar-refractivity contribution < 1.29 is 9.16 Å². The molecule has 0 bridgehead atoms. The number of hydrogen-bond acceptors (Lipinski definition) is 6. The Morgan fingerprint density at radius 2 is 1.85 bits per heavy atom. The number of benzene rings is 2. The Kier molecular flexibility index (Phi) is 6.69. The maximum absolute atomic E-state index is 9.58. The lowest BCUT2D eigenvalue weighted by atomic mass is 10.0. The van der Waals surface area contributed by atoms with Gasteiger partial charge in [-0.05, 0) is 74.1 Å². The van der Waals surface area contributed by atoms with Gasteiger partial charge >= 0.3 is 0 Å². The van der Waals surface area contributed by atoms with Crippen LogP contribution >= 0.6 is 11.3 Å². The van der Waals surface area contributed by atoms with Crippen LogP contribution in [0, 0.1) is 11.3 Å². The van der Waals surface area contributed by atoms with Crippen molar-refractivity contribution in [2.24, 2.45) is 0 Å². The zero-order valence-electron chi connectivity index (χ0n) is 21.1. The maximum atomic E-state index is 9.58. The molecular weight excluding hydrogens is 458 g/mol. The highest BCUT2D eigenvalue weighted by atomic mass is 32.1. The Balaban J connectivity index is 1.63. The van der Waals surface area contributed by atoms with Gasteiger partial charge in [0.2, 0.25) is 0 Å². The quantitative estimate of drug-likeness (QED) is 0.333. The molecule has 2 aromatic carbocycles. The van der Waals surface area contributed by atoms with Crippen molar-refractivity contribution >= 4 is 19.7 Å². The number of fused-ring (bicyclic) bond motifs is 1. The summed E-state index contributed by atoms with van der Waals surface area (Å²) in [4.78, 5) is 0. The number of hydrogen-bond donors (Lipinski definition) is 0. The normalized spacial score (nSPS) is 15.9. The Bertz CT molecular complexity index is 1240. The van der Waals surface area contributed by atoms with Crippen LogP contribution in [-0.2, 0) is 10.8 Å². The number of nitriles is 1. The van der Waals surface area contributed by atoms with Crippen molar-refractivity contribution in [3.05, 3.63) is 53.1 Å². The second-order valence-electron chi connectivity index (χ2n) is 10.7. The first-order valence-electron chi connectivity index (χ1n) is 11.8. The van der Waals surface area contributed by atoms with Gasteiger partial charge in [0.05, 0.1) is 17.8 Å². The highest BCUT2D eigenvalue weighted by molar-refractivity contribution is 7.17. The van der Waals surface area contributed by atoms with Gasteiger partial charge in [0.15, 0.2) is 8.32 Å². The summed E-state index contributed by atoms with van der Waals surface area (Å²) in [7, 11) is -1.86. The molecule has 1 heterocycles. The summed E-state index contributed by atoms with van der Waals surface area (Å²) >= 11 is 1.56. The van der Waals surface area contributed by atoms with Gasteiger partial charge in [-0.2, -0.15) is 5.26 Å². The SMILES string of the molecule is CC(C)Oc1ccc(-c2nnc(-c3cccc4c3CC[C@H]4O[Si](C)(C)C(C)(C)C)s2)cc1C#N. The summed E-state index contributed by atoms with van der Waals surface area (Å²) in [5, 5.41) is 20.4. The molecule has 0 saturated heterocycles. The Morgan fingerprint density at radius 3 is 2.53 bits per heavy atom. The summed E-state index contributed by atoms with van der Waals surface area (Å²) < 4.78 is 12.5. The monoisotopic (exact) mass is 491 g/mol. The molecule has 7 heteroatoms. The lowest BCUT2D eigenvalue weighted by Crippen LogP contribution is -2.41. The van der Waals surface area contributed by atoms with E-state index in [9.17, 15) is 5.26 Å². The molecule has 178 valence electrons. The molecule has 1 atom stereocenters. The van der Waals surface area contributed by atoms with Crippen LogP contribution in [0.5, 0.6) is 5.75 Å². The van der Waals surface area contributed by atoms with E-state index in [0.717, 1.165) is 34.0 Å². The molecule has 5 nitrogen and oxygen atoms in total. The van der Waals surface area contributed by atoms with E-state index < -0.39 is 8.32 Å². The molecule has 0 saturated carbocycles. The minimum Gasteiger partial charge on any atom is -0.490 e. The summed E-state index contributed by atoms with van der Waals surface area (Å²) in [5.74, 6) is 0.597. The third-order valence-corrected chi connectivity index (χ3v) is 12.3. The van der Waals surface area contributed by atoms with Crippen LogP contribution in [0.2, 0.25) is 18.1 Å². The van der Waals surface area contributed by atoms with E-state index in [1.807, 2.05) is 32.0 Å². The van der Waals surface area contributed by atoms with Gasteiger partial charge in [-0.15, -0.1) is 10.2 Å². The van der Waals surface area contributed by atoms with Crippen LogP contribution in [0.4, 0.5) is 0 Å². The van der Waals surface area contributed by atoms with E-state index in [4.69, 9.17) is 9.16 Å². The largest absolute Gasteiger partial charge is 0.490 e. The van der Waals surface area contributed by atoms with Gasteiger partial charge in [0, 0.05) is 11.1 Å². The predicted octanol–water partition coefficient (Wildman–Crippen LogP) is 7.54. The number of nitrogens with zero attached hydrogens (tertiary/aromatic N) is 3. The Morgan fingerprint density at radius 1 is 1.12 bits per heavy atom. The maximum Gasteiger partial charge on any atom is 0.192 e. The van der Waals surface area contributed by atoms with Gasteiger partial charge in [0.25, 0.3) is 0 Å². The highest BCUT2D eigenvalue weighted by Crippen LogP contribution is 2.46. The Labute approximate surface area is 207 Å². The minimum absolute atomic E-state index is 0.00991. The van der Waals surface area contributed by atoms with Crippen molar-refractivity contribution in [3.63, 3.8) is 0 Å². The first-order valence-corrected chi connectivity index (χ1v) is 15.6. The van der Waals surface area contributed by atoms with E-state index >= 15 is 0 Å². The van der Waals surface area contributed by atoms with Gasteiger partial charge in [-0.1, -0.05) is 50.3 Å². The molecule has 34 heavy (non-hydrogen) atoms. The molecule has 0 unspecified atom stereocenters. The van der Waals surface area contributed by atoms with E-state index in [2.05, 4.69) is 68.3 Å². The molecule has 0 aliphatic heterocycles. The van der Waals surface area contributed by atoms with Crippen molar-refractivity contribution in [1.82, 2.24) is 10.2 Å². The number of aromatic nitrogens is 2. The second kappa shape index (κ2) is 9.25. The summed E-state index contributed by atoms with van der Waals surface area (Å²) in [6, 6.07) is 14.3. The van der Waals surface area contributed by atoms with Gasteiger partial charge < -0.3 is 9.16 Å². The van der Waals surface area contributed by atoms with Crippen LogP contribution in [0.25, 0.3) is 21.1 Å². The minimum atomic E-state index is -1.86. The molecular formula is C27H33N3O2SSi. The number of rotatable bonds is 6. The highest BCUT2D eigenvalue weighted by Gasteiger charge is 2.41. The van der Waals surface area contributed by atoms with Crippen molar-refractivity contribution in [2.75, 3.05) is 0 Å². The van der Waals surface area contributed by atoms with E-state index in [-0.39, 0.29) is 17.2 Å². The van der Waals surface area contributed by atoms with Crippen molar-refractivity contribution in [1.29, 1.82) is 5.26 Å². The Hall–Kier alpha value is -2.53. The van der Waals surface area contributed by atoms with E-state index in [0.29, 0.717) is 11.3 Å². The molecule has 0 N–H and O–H groups in total. The molecule has 0 fully saturated rings. The molecule has 0 radical (unpaired) electrons. The fourth-order valence-corrected chi connectivity index (χ4v) is 6.23. The molecule has 0 amide bonds. The van der Waals surface area contributed by atoms with Crippen molar-refractivity contribution in [2.45, 2.75) is 77.8 Å². The fraction of sp³-hybridized carbons (Fsp3) is 0.444. The predicted molar refractivity (Wildman–Crippen MR) is 141 cm³/mol. The number of ether oxygens (including phenoxy) is 1. The van der Waals surface area contributed by atoms with Crippen LogP contribution in [0.15, 0.2) is 36.4 Å². The molecule has 1 aliphatic carbocycles. The third kappa shape index (κ3) is 4.81. The third-order valence-electron chi connectivity index (χ3n) is 6.82. The van der Waals surface area contributed by atoms with Crippen molar-refractivity contribution in [3.8, 4) is 33.0 Å². The second-order valence-corrected chi connectivity index (χ2v) is 16.4. The zero-order chi connectivity index (χ0) is 24.7. The molecule has 1 aliphatic rings. The molecule has 0 spiro atoms. The van der Waals surface area contributed by atoms with Crippen LogP contribution in [0.1, 0.15) is 63.8 Å². The average molecular weight is 492 g/mol. The lowest BCUT2D eigenvalue weighted by Gasteiger charge is -2.38. The standard InChI is InChI=1S/C27H33N3O2SSi/c1-17(2)31-23-13-11-18(15-19(23)16-28)25-29-30-26(33-25)22-10-8-9-21-20(22)12-14-24(21)32-34(6,7)27(3,4)5/h8-11,13,15,17,24H,12,14H2,1-7H3/t24-/m1/s1. The van der Waals surface area contributed by atoms with Gasteiger partial charge in [-0.3, -0.25) is 0 Å². The first kappa shape index (κ1) is 24.6. The van der Waals surface area contributed by atoms with E-state index in [1.165, 1.54) is 11.1 Å². The molecule has 1 aromatic heterocycles. The summed E-state index contributed by atoms with van der Waals surface area (Å²) in [6.07, 6.45) is 2.15. The van der Waals surface area contributed by atoms with Crippen LogP contribution < -0.4 is 4.74 Å². The zero-order valence-corrected chi connectivity index (χ0v) is 22.9. The molecule has 4 rings (SSSR count). The van der Waals surface area contributed by atoms with E-state index in [1.54, 1.807) is 11.3 Å². The van der Waals surface area contributed by atoms with Crippen LogP contribution in [0.3, 0.4) is 0 Å². The molecule has 3 aromatic rings. The smallest absolute Gasteiger partial charge is 0.192 e. The first-order chi connectivity index (χ1) is 16.0. The lowest BCUT2D eigenvalue weighted by molar-refractivity contribution is 0.185. The van der Waals surface area contributed by atoms with Gasteiger partial charge in [-0.25, -0.2) is 0 Å². The summed E-state index contributed by atoms with van der Waals surface area (Å²) in [6.45, 7) is 15.4. The fourth-order valence-electron chi connectivity index (χ4n) is 4.03. The topological polar surface area (TPSA) is 68.0 Å². The van der Waals surface area contributed by atoms with Gasteiger partial charge in [0.1, 0.15) is 21.8 Å². The van der Waals surface area contributed by atoms with Crippen LogP contribution in [-0.4, -0.2) is 24.6 Å². The summed E-state index contributed by atoms with van der Waals surface area (Å²) in [5.41, 5.74) is 5.15. The average Bonchev–Trinajstić information content (AvgIpc) is 3.40.